The Balaban J connectivity index is 2.19. The van der Waals surface area contributed by atoms with Gasteiger partial charge in [0.2, 0.25) is 11.8 Å². The van der Waals surface area contributed by atoms with Crippen LogP contribution in [-0.2, 0) is 0 Å². The number of aryl methyl sites for hydroxylation is 1. The molecule has 0 saturated heterocycles. The van der Waals surface area contributed by atoms with Crippen LogP contribution in [0.5, 0.6) is 17.5 Å². The summed E-state index contributed by atoms with van der Waals surface area (Å²) in [6.07, 6.45) is 0.907. The first kappa shape index (κ1) is 13.2. The molecule has 0 bridgehead atoms. The number of aromatic nitrogens is 1. The quantitative estimate of drug-likeness (QED) is 0.891. The molecule has 1 heterocycles. The number of nitrogen functional groups attached to an aromatic ring is 1. The predicted octanol–water partition coefficient (Wildman–Crippen LogP) is 3.55. The maximum absolute atomic E-state index is 5.81. The monoisotopic (exact) mass is 258 g/mol. The number of anilines is 1. The molecule has 0 amide bonds. The molecule has 0 fully saturated rings. The van der Waals surface area contributed by atoms with Crippen molar-refractivity contribution in [1.29, 1.82) is 0 Å². The number of pyridine rings is 1. The van der Waals surface area contributed by atoms with Crippen LogP contribution in [0.15, 0.2) is 36.4 Å². The van der Waals surface area contributed by atoms with Gasteiger partial charge >= 0.3 is 0 Å². The van der Waals surface area contributed by atoms with Gasteiger partial charge in [0.25, 0.3) is 0 Å². The molecule has 1 aromatic heterocycles. The van der Waals surface area contributed by atoms with Gasteiger partial charge in [-0.3, -0.25) is 0 Å². The maximum Gasteiger partial charge on any atom is 0.240 e. The van der Waals surface area contributed by atoms with Gasteiger partial charge in [-0.1, -0.05) is 25.1 Å². The fraction of sp³-hybridized carbons (Fsp3) is 0.267. The molecule has 0 aliphatic heterocycles. The maximum atomic E-state index is 5.81. The van der Waals surface area contributed by atoms with Crippen LogP contribution in [0.3, 0.4) is 0 Å². The van der Waals surface area contributed by atoms with Crippen molar-refractivity contribution >= 4 is 5.69 Å². The molecule has 0 radical (unpaired) electrons. The zero-order valence-electron chi connectivity index (χ0n) is 11.2. The summed E-state index contributed by atoms with van der Waals surface area (Å²) in [6, 6.07) is 11.3. The minimum Gasteiger partial charge on any atom is -0.476 e. The minimum absolute atomic E-state index is 0.424. The van der Waals surface area contributed by atoms with E-state index >= 15 is 0 Å². The van der Waals surface area contributed by atoms with Crippen molar-refractivity contribution in [1.82, 2.24) is 4.98 Å². The lowest BCUT2D eigenvalue weighted by Gasteiger charge is -2.10. The fourth-order valence-corrected chi connectivity index (χ4v) is 1.59. The van der Waals surface area contributed by atoms with E-state index in [-0.39, 0.29) is 0 Å². The molecular weight excluding hydrogens is 240 g/mol. The van der Waals surface area contributed by atoms with Crippen LogP contribution in [0.25, 0.3) is 0 Å². The van der Waals surface area contributed by atoms with Gasteiger partial charge in [-0.05, 0) is 31.0 Å². The van der Waals surface area contributed by atoms with Crippen LogP contribution in [-0.4, -0.2) is 11.6 Å². The van der Waals surface area contributed by atoms with E-state index in [2.05, 4.69) is 4.98 Å². The van der Waals surface area contributed by atoms with Crippen molar-refractivity contribution in [3.05, 3.63) is 42.0 Å². The first-order valence-corrected chi connectivity index (χ1v) is 6.33. The molecule has 0 spiro atoms. The molecule has 0 unspecified atom stereocenters. The Hall–Kier alpha value is -2.23. The SMILES string of the molecule is CCCOc1nc(Oc2ccccc2C)ccc1N. The zero-order valence-corrected chi connectivity index (χ0v) is 11.2. The van der Waals surface area contributed by atoms with Crippen molar-refractivity contribution in [3.63, 3.8) is 0 Å². The summed E-state index contributed by atoms with van der Waals surface area (Å²) in [5, 5.41) is 0. The van der Waals surface area contributed by atoms with Crippen molar-refractivity contribution in [2.75, 3.05) is 12.3 Å². The molecule has 1 aromatic carbocycles. The molecule has 2 aromatic rings. The number of nitrogens with zero attached hydrogens (tertiary/aromatic N) is 1. The van der Waals surface area contributed by atoms with E-state index in [1.54, 1.807) is 12.1 Å². The van der Waals surface area contributed by atoms with Gasteiger partial charge in [-0.25, -0.2) is 0 Å². The van der Waals surface area contributed by atoms with E-state index in [1.165, 1.54) is 0 Å². The number of nitrogens with two attached hydrogens (primary N) is 1. The van der Waals surface area contributed by atoms with Crippen LogP contribution in [0.1, 0.15) is 18.9 Å². The number of para-hydroxylation sites is 1. The molecule has 2 rings (SSSR count). The van der Waals surface area contributed by atoms with Gasteiger partial charge in [0.15, 0.2) is 0 Å². The molecule has 0 aliphatic rings. The third kappa shape index (κ3) is 3.37. The largest absolute Gasteiger partial charge is 0.476 e. The summed E-state index contributed by atoms with van der Waals surface area (Å²) >= 11 is 0. The lowest BCUT2D eigenvalue weighted by Crippen LogP contribution is -2.02. The first-order chi connectivity index (χ1) is 9.20. The standard InChI is InChI=1S/C15H18N2O2/c1-3-10-18-15-12(16)8-9-14(17-15)19-13-7-5-4-6-11(13)2/h4-9H,3,10,16H2,1-2H3. The average molecular weight is 258 g/mol. The Morgan fingerprint density at radius 3 is 2.68 bits per heavy atom. The molecule has 0 saturated carbocycles. The highest BCUT2D eigenvalue weighted by molar-refractivity contribution is 5.50. The summed E-state index contributed by atoms with van der Waals surface area (Å²) in [5.41, 5.74) is 7.38. The third-order valence-corrected chi connectivity index (χ3v) is 2.62. The van der Waals surface area contributed by atoms with Crippen molar-refractivity contribution in [2.45, 2.75) is 20.3 Å². The number of rotatable bonds is 5. The number of hydrogen-bond acceptors (Lipinski definition) is 4. The second-order valence-electron chi connectivity index (χ2n) is 4.26. The molecule has 19 heavy (non-hydrogen) atoms. The Kier molecular flexibility index (Phi) is 4.23. The van der Waals surface area contributed by atoms with Crippen LogP contribution >= 0.6 is 0 Å². The van der Waals surface area contributed by atoms with Crippen LogP contribution < -0.4 is 15.2 Å². The van der Waals surface area contributed by atoms with Crippen LogP contribution in [0.2, 0.25) is 0 Å². The topological polar surface area (TPSA) is 57.4 Å². The lowest BCUT2D eigenvalue weighted by atomic mass is 10.2. The number of benzene rings is 1. The Labute approximate surface area is 113 Å². The van der Waals surface area contributed by atoms with Crippen LogP contribution in [0.4, 0.5) is 5.69 Å². The highest BCUT2D eigenvalue weighted by Crippen LogP contribution is 2.27. The first-order valence-electron chi connectivity index (χ1n) is 6.33. The smallest absolute Gasteiger partial charge is 0.240 e. The highest BCUT2D eigenvalue weighted by Gasteiger charge is 2.07. The van der Waals surface area contributed by atoms with E-state index in [9.17, 15) is 0 Å². The number of hydrogen-bond donors (Lipinski definition) is 1. The summed E-state index contributed by atoms with van der Waals surface area (Å²) in [5.74, 6) is 1.68. The van der Waals surface area contributed by atoms with Gasteiger partial charge in [0.05, 0.1) is 12.3 Å². The molecule has 100 valence electrons. The van der Waals surface area contributed by atoms with E-state index < -0.39 is 0 Å². The Morgan fingerprint density at radius 1 is 1.16 bits per heavy atom. The zero-order chi connectivity index (χ0) is 13.7. The second kappa shape index (κ2) is 6.09. The summed E-state index contributed by atoms with van der Waals surface area (Å²) < 4.78 is 11.2. The van der Waals surface area contributed by atoms with Crippen molar-refractivity contribution < 1.29 is 9.47 Å². The summed E-state index contributed by atoms with van der Waals surface area (Å²) in [4.78, 5) is 4.28. The molecule has 4 heteroatoms. The average Bonchev–Trinajstić information content (AvgIpc) is 2.42. The Bertz CT molecular complexity index is 556. The van der Waals surface area contributed by atoms with Crippen molar-refractivity contribution in [3.8, 4) is 17.5 Å². The molecular formula is C15H18N2O2. The highest BCUT2D eigenvalue weighted by atomic mass is 16.5. The van der Waals surface area contributed by atoms with Gasteiger partial charge < -0.3 is 15.2 Å². The van der Waals surface area contributed by atoms with E-state index in [1.807, 2.05) is 38.1 Å². The van der Waals surface area contributed by atoms with Crippen LogP contribution in [0, 0.1) is 6.92 Å². The number of ether oxygens (including phenoxy) is 2. The van der Waals surface area contributed by atoms with E-state index in [4.69, 9.17) is 15.2 Å². The predicted molar refractivity (Wildman–Crippen MR) is 75.7 cm³/mol. The van der Waals surface area contributed by atoms with Gasteiger partial charge in [-0.15, -0.1) is 0 Å². The molecule has 2 N–H and O–H groups in total. The van der Waals surface area contributed by atoms with Gasteiger partial charge in [-0.2, -0.15) is 4.98 Å². The second-order valence-corrected chi connectivity index (χ2v) is 4.26. The normalized spacial score (nSPS) is 10.2. The van der Waals surface area contributed by atoms with Crippen molar-refractivity contribution in [2.24, 2.45) is 0 Å². The summed E-state index contributed by atoms with van der Waals surface area (Å²) in [7, 11) is 0. The third-order valence-electron chi connectivity index (χ3n) is 2.62. The fourth-order valence-electron chi connectivity index (χ4n) is 1.59. The van der Waals surface area contributed by atoms with E-state index in [0.717, 1.165) is 17.7 Å². The molecule has 0 atom stereocenters. The van der Waals surface area contributed by atoms with Gasteiger partial charge in [0, 0.05) is 6.07 Å². The van der Waals surface area contributed by atoms with E-state index in [0.29, 0.717) is 24.1 Å². The van der Waals surface area contributed by atoms with Gasteiger partial charge in [0.1, 0.15) is 5.75 Å². The summed E-state index contributed by atoms with van der Waals surface area (Å²) in [6.45, 7) is 4.61. The minimum atomic E-state index is 0.424. The lowest BCUT2D eigenvalue weighted by molar-refractivity contribution is 0.302. The molecule has 0 aliphatic carbocycles. The molecule has 4 nitrogen and oxygen atoms in total. The Morgan fingerprint density at radius 2 is 1.95 bits per heavy atom.